The average molecular weight is 378 g/mol. The van der Waals surface area contributed by atoms with Crippen LogP contribution in [0.15, 0.2) is 59.7 Å². The van der Waals surface area contributed by atoms with Crippen molar-refractivity contribution < 1.29 is 4.79 Å². The molecular weight excluding hydrogens is 352 g/mol. The molecule has 0 bridgehead atoms. The minimum atomic E-state index is -0.121. The van der Waals surface area contributed by atoms with Gasteiger partial charge >= 0.3 is 0 Å². The number of nitrogens with one attached hydrogen (secondary N) is 1. The maximum Gasteiger partial charge on any atom is 0.261 e. The first-order chi connectivity index (χ1) is 13.5. The molecule has 0 aliphatic rings. The molecule has 1 unspecified atom stereocenters. The van der Waals surface area contributed by atoms with Crippen molar-refractivity contribution in [2.45, 2.75) is 25.9 Å². The van der Waals surface area contributed by atoms with Crippen molar-refractivity contribution in [1.29, 1.82) is 0 Å². The van der Waals surface area contributed by atoms with Gasteiger partial charge < -0.3 is 10.2 Å². The molecule has 2 aromatic carbocycles. The Morgan fingerprint density at radius 3 is 2.57 bits per heavy atom. The number of nitrogens with zero attached hydrogens (tertiary/aromatic N) is 3. The van der Waals surface area contributed by atoms with Crippen molar-refractivity contribution >= 4 is 16.8 Å². The van der Waals surface area contributed by atoms with Gasteiger partial charge in [0.1, 0.15) is 0 Å². The first kappa shape index (κ1) is 19.8. The molecule has 28 heavy (non-hydrogen) atoms. The fraction of sp³-hybridized carbons (Fsp3) is 0.318. The van der Waals surface area contributed by atoms with E-state index in [0.717, 1.165) is 5.56 Å². The van der Waals surface area contributed by atoms with Gasteiger partial charge in [0.25, 0.3) is 5.56 Å². The third-order valence-corrected chi connectivity index (χ3v) is 4.89. The molecule has 0 aliphatic heterocycles. The molecule has 0 radical (unpaired) electrons. The molecule has 146 valence electrons. The molecule has 6 heteroatoms. The van der Waals surface area contributed by atoms with Gasteiger partial charge in [-0.3, -0.25) is 14.2 Å². The number of likely N-dealkylation sites (N-methyl/N-ethyl adjacent to an activating group) is 1. The lowest BCUT2D eigenvalue weighted by Crippen LogP contribution is -2.35. The smallest absolute Gasteiger partial charge is 0.261 e. The van der Waals surface area contributed by atoms with Gasteiger partial charge in [-0.1, -0.05) is 42.0 Å². The molecule has 1 N–H and O–H groups in total. The Morgan fingerprint density at radius 1 is 1.14 bits per heavy atom. The van der Waals surface area contributed by atoms with Crippen molar-refractivity contribution in [3.63, 3.8) is 0 Å². The van der Waals surface area contributed by atoms with Crippen LogP contribution in [0.2, 0.25) is 0 Å². The Labute approximate surface area is 164 Å². The molecule has 3 aromatic rings. The van der Waals surface area contributed by atoms with Crippen LogP contribution in [0.3, 0.4) is 0 Å². The molecule has 1 atom stereocenters. The quantitative estimate of drug-likeness (QED) is 0.686. The van der Waals surface area contributed by atoms with Crippen molar-refractivity contribution in [3.05, 3.63) is 76.3 Å². The number of benzene rings is 2. The molecular formula is C22H26N4O2. The number of carbonyl (C=O) groups is 1. The molecule has 6 nitrogen and oxygen atoms in total. The van der Waals surface area contributed by atoms with Crippen LogP contribution in [0.1, 0.15) is 23.6 Å². The Morgan fingerprint density at radius 2 is 1.86 bits per heavy atom. The van der Waals surface area contributed by atoms with Crippen molar-refractivity contribution in [2.24, 2.45) is 0 Å². The van der Waals surface area contributed by atoms with Crippen LogP contribution in [-0.4, -0.2) is 41.0 Å². The summed E-state index contributed by atoms with van der Waals surface area (Å²) in [6, 6.07) is 15.6. The van der Waals surface area contributed by atoms with E-state index in [9.17, 15) is 9.59 Å². The van der Waals surface area contributed by atoms with E-state index >= 15 is 0 Å². The second-order valence-corrected chi connectivity index (χ2v) is 7.20. The van der Waals surface area contributed by atoms with E-state index in [-0.39, 0.29) is 23.9 Å². The minimum Gasteiger partial charge on any atom is -0.354 e. The lowest BCUT2D eigenvalue weighted by Gasteiger charge is -2.25. The van der Waals surface area contributed by atoms with Gasteiger partial charge in [-0.15, -0.1) is 0 Å². The monoisotopic (exact) mass is 378 g/mol. The van der Waals surface area contributed by atoms with Gasteiger partial charge in [0.15, 0.2) is 0 Å². The summed E-state index contributed by atoms with van der Waals surface area (Å²) in [5.41, 5.74) is 2.91. The van der Waals surface area contributed by atoms with Gasteiger partial charge in [0.05, 0.1) is 23.3 Å². The summed E-state index contributed by atoms with van der Waals surface area (Å²) in [6.07, 6.45) is 1.74. The lowest BCUT2D eigenvalue weighted by molar-refractivity contribution is -0.121. The van der Waals surface area contributed by atoms with Crippen molar-refractivity contribution in [2.75, 3.05) is 20.6 Å². The fourth-order valence-electron chi connectivity index (χ4n) is 3.17. The number of carbonyl (C=O) groups excluding carboxylic acids is 1. The van der Waals surface area contributed by atoms with Gasteiger partial charge in [0.2, 0.25) is 5.91 Å². The zero-order chi connectivity index (χ0) is 20.1. The number of fused-ring (bicyclic) bond motifs is 1. The highest BCUT2D eigenvalue weighted by atomic mass is 16.1. The zero-order valence-electron chi connectivity index (χ0n) is 16.6. The first-order valence-electron chi connectivity index (χ1n) is 9.39. The normalized spacial score (nSPS) is 12.3. The van der Waals surface area contributed by atoms with Crippen LogP contribution in [0.25, 0.3) is 10.9 Å². The van der Waals surface area contributed by atoms with E-state index in [1.807, 2.05) is 26.2 Å². The molecule has 0 aliphatic carbocycles. The molecule has 3 rings (SSSR count). The molecule has 0 saturated carbocycles. The number of rotatable bonds is 7. The maximum atomic E-state index is 12.5. The van der Waals surface area contributed by atoms with Gasteiger partial charge in [-0.25, -0.2) is 4.98 Å². The van der Waals surface area contributed by atoms with E-state index in [1.54, 1.807) is 12.1 Å². The summed E-state index contributed by atoms with van der Waals surface area (Å²) in [6.45, 7) is 2.87. The number of aryl methyl sites for hydroxylation is 2. The zero-order valence-corrected chi connectivity index (χ0v) is 16.6. The molecule has 0 saturated heterocycles. The third-order valence-electron chi connectivity index (χ3n) is 4.89. The predicted molar refractivity (Wildman–Crippen MR) is 111 cm³/mol. The van der Waals surface area contributed by atoms with Crippen LogP contribution < -0.4 is 10.9 Å². The van der Waals surface area contributed by atoms with Crippen LogP contribution in [0.5, 0.6) is 0 Å². The van der Waals surface area contributed by atoms with Crippen LogP contribution in [0.4, 0.5) is 0 Å². The van der Waals surface area contributed by atoms with E-state index in [1.165, 1.54) is 16.5 Å². The number of amides is 1. The Kier molecular flexibility index (Phi) is 6.21. The van der Waals surface area contributed by atoms with Gasteiger partial charge in [0, 0.05) is 19.5 Å². The highest BCUT2D eigenvalue weighted by Crippen LogP contribution is 2.18. The summed E-state index contributed by atoms with van der Waals surface area (Å²) in [7, 11) is 3.99. The Bertz CT molecular complexity index is 1010. The molecule has 0 spiro atoms. The lowest BCUT2D eigenvalue weighted by atomic mass is 10.0. The second kappa shape index (κ2) is 8.80. The van der Waals surface area contributed by atoms with E-state index in [0.29, 0.717) is 24.0 Å². The predicted octanol–water partition coefficient (Wildman–Crippen LogP) is 2.51. The fourth-order valence-corrected chi connectivity index (χ4v) is 3.17. The number of para-hydroxylation sites is 1. The number of aromatic nitrogens is 2. The highest BCUT2D eigenvalue weighted by Gasteiger charge is 2.15. The summed E-state index contributed by atoms with van der Waals surface area (Å²) >= 11 is 0. The SMILES string of the molecule is Cc1ccc(C(CNC(=O)CCn2cnc3ccccc3c2=O)N(C)C)cc1. The van der Waals surface area contributed by atoms with Gasteiger partial charge in [-0.05, 0) is 38.7 Å². The maximum absolute atomic E-state index is 12.5. The first-order valence-corrected chi connectivity index (χ1v) is 9.39. The minimum absolute atomic E-state index is 0.0842. The average Bonchev–Trinajstić information content (AvgIpc) is 2.69. The Hall–Kier alpha value is -2.99. The second-order valence-electron chi connectivity index (χ2n) is 7.20. The summed E-state index contributed by atoms with van der Waals surface area (Å²) < 4.78 is 1.49. The van der Waals surface area contributed by atoms with Gasteiger partial charge in [-0.2, -0.15) is 0 Å². The largest absolute Gasteiger partial charge is 0.354 e. The molecule has 0 fully saturated rings. The molecule has 1 aromatic heterocycles. The van der Waals surface area contributed by atoms with Crippen LogP contribution >= 0.6 is 0 Å². The Balaban J connectivity index is 1.60. The summed E-state index contributed by atoms with van der Waals surface area (Å²) in [5.74, 6) is -0.0842. The standard InChI is InChI=1S/C22H26N4O2/c1-16-8-10-17(11-9-16)20(25(2)3)14-23-21(27)12-13-26-15-24-19-7-5-4-6-18(19)22(26)28/h4-11,15,20H,12-14H2,1-3H3,(H,23,27). The van der Waals surface area contributed by atoms with Crippen molar-refractivity contribution in [1.82, 2.24) is 19.8 Å². The van der Waals surface area contributed by atoms with E-state index in [2.05, 4.69) is 46.4 Å². The van der Waals surface area contributed by atoms with Crippen molar-refractivity contribution in [3.8, 4) is 0 Å². The van der Waals surface area contributed by atoms with Crippen LogP contribution in [0, 0.1) is 6.92 Å². The molecule has 1 amide bonds. The van der Waals surface area contributed by atoms with E-state index < -0.39 is 0 Å². The summed E-state index contributed by atoms with van der Waals surface area (Å²) in [5, 5.41) is 3.55. The van der Waals surface area contributed by atoms with Crippen LogP contribution in [-0.2, 0) is 11.3 Å². The number of hydrogen-bond donors (Lipinski definition) is 1. The topological polar surface area (TPSA) is 67.2 Å². The highest BCUT2D eigenvalue weighted by molar-refractivity contribution is 5.77. The van der Waals surface area contributed by atoms with E-state index in [4.69, 9.17) is 0 Å². The number of hydrogen-bond acceptors (Lipinski definition) is 4. The molecule has 1 heterocycles. The third kappa shape index (κ3) is 4.64. The summed E-state index contributed by atoms with van der Waals surface area (Å²) in [4.78, 5) is 31.2.